The van der Waals surface area contributed by atoms with Gasteiger partial charge in [0.05, 0.1) is 18.3 Å². The van der Waals surface area contributed by atoms with Crippen LogP contribution >= 0.6 is 0 Å². The number of aromatic nitrogens is 1. The average molecular weight is 484 g/mol. The zero-order valence-electron chi connectivity index (χ0n) is 20.8. The second-order valence-electron chi connectivity index (χ2n) is 10.4. The molecule has 2 aliphatic rings. The summed E-state index contributed by atoms with van der Waals surface area (Å²) in [5, 5.41) is 1.55. The molecular weight excluding hydrogens is 450 g/mol. The number of ether oxygens (including phenoxy) is 1. The first-order valence-electron chi connectivity index (χ1n) is 11.7. The van der Waals surface area contributed by atoms with E-state index in [9.17, 15) is 14.4 Å². The van der Waals surface area contributed by atoms with Crippen molar-refractivity contribution in [2.45, 2.75) is 52.1 Å². The Morgan fingerprint density at radius 2 is 1.71 bits per heavy atom. The Morgan fingerprint density at radius 1 is 1.03 bits per heavy atom. The van der Waals surface area contributed by atoms with Crippen LogP contribution in [0.1, 0.15) is 67.3 Å². The van der Waals surface area contributed by atoms with Crippen LogP contribution in [0.25, 0.3) is 11.1 Å². The molecule has 1 fully saturated rings. The van der Waals surface area contributed by atoms with Gasteiger partial charge < -0.3 is 30.5 Å². The number of carbonyl (C=O) groups excluding carboxylic acids is 3. The summed E-state index contributed by atoms with van der Waals surface area (Å²) in [5.74, 6) is 0.479. The molecule has 1 atom stereocenters. The Bertz CT molecular complexity index is 1180. The first-order valence-corrected chi connectivity index (χ1v) is 11.7. The van der Waals surface area contributed by atoms with Crippen molar-refractivity contribution in [3.8, 4) is 16.9 Å². The van der Waals surface area contributed by atoms with E-state index in [0.29, 0.717) is 30.1 Å². The monoisotopic (exact) mass is 483 g/mol. The zero-order chi connectivity index (χ0) is 25.7. The van der Waals surface area contributed by atoms with Crippen LogP contribution in [0.15, 0.2) is 24.3 Å². The summed E-state index contributed by atoms with van der Waals surface area (Å²) in [7, 11) is 3.40. The summed E-state index contributed by atoms with van der Waals surface area (Å²) >= 11 is 0. The number of hydroxylamine groups is 2. The standard InChI is InChI=1S/C25H33N5O5/c1-25(2,3)21-19-20(34-23(26)32)17(15-7-6-8-16(13-15)22(31)28(4)5)18(14-9-10-14)29(19)11-12-30(21)35-24(27)33/h6-8,13-14,21H,9-12H2,1-5H3,(H2,26,32)(H2,27,33). The third kappa shape index (κ3) is 4.70. The summed E-state index contributed by atoms with van der Waals surface area (Å²) in [6.07, 6.45) is 0.159. The van der Waals surface area contributed by atoms with Crippen molar-refractivity contribution in [2.75, 3.05) is 20.6 Å². The molecule has 1 unspecified atom stereocenters. The van der Waals surface area contributed by atoms with E-state index in [0.717, 1.165) is 29.7 Å². The molecule has 2 heterocycles. The first kappa shape index (κ1) is 24.6. The number of nitrogens with two attached hydrogens (primary N) is 2. The van der Waals surface area contributed by atoms with Crippen molar-refractivity contribution >= 4 is 18.1 Å². The van der Waals surface area contributed by atoms with Crippen molar-refractivity contribution in [3.05, 3.63) is 41.2 Å². The lowest BCUT2D eigenvalue weighted by atomic mass is 9.83. The van der Waals surface area contributed by atoms with Crippen LogP contribution in [0.4, 0.5) is 9.59 Å². The molecule has 0 saturated heterocycles. The van der Waals surface area contributed by atoms with Crippen molar-refractivity contribution in [1.29, 1.82) is 0 Å². The molecule has 4 rings (SSSR count). The third-order valence-electron chi connectivity index (χ3n) is 6.39. The molecule has 3 amide bonds. The van der Waals surface area contributed by atoms with E-state index in [-0.39, 0.29) is 11.8 Å². The molecule has 0 radical (unpaired) electrons. The van der Waals surface area contributed by atoms with Crippen molar-refractivity contribution in [1.82, 2.24) is 14.5 Å². The third-order valence-corrected chi connectivity index (χ3v) is 6.39. The molecule has 35 heavy (non-hydrogen) atoms. The average Bonchev–Trinajstić information content (AvgIpc) is 3.54. The van der Waals surface area contributed by atoms with Crippen LogP contribution in [0.5, 0.6) is 5.75 Å². The van der Waals surface area contributed by atoms with E-state index in [1.54, 1.807) is 25.2 Å². The molecule has 188 valence electrons. The summed E-state index contributed by atoms with van der Waals surface area (Å²) in [6.45, 7) is 6.96. The summed E-state index contributed by atoms with van der Waals surface area (Å²) < 4.78 is 7.88. The van der Waals surface area contributed by atoms with E-state index < -0.39 is 23.6 Å². The highest BCUT2D eigenvalue weighted by molar-refractivity contribution is 5.96. The summed E-state index contributed by atoms with van der Waals surface area (Å²) in [5.41, 5.74) is 14.2. The number of nitrogens with zero attached hydrogens (tertiary/aromatic N) is 3. The molecule has 1 aromatic heterocycles. The van der Waals surface area contributed by atoms with Crippen LogP contribution in [0.3, 0.4) is 0 Å². The number of carbonyl (C=O) groups is 3. The molecule has 10 heteroatoms. The minimum atomic E-state index is -0.942. The Labute approximate surface area is 204 Å². The highest BCUT2D eigenvalue weighted by Crippen LogP contribution is 2.55. The highest BCUT2D eigenvalue weighted by atomic mass is 16.7. The molecule has 4 N–H and O–H groups in total. The summed E-state index contributed by atoms with van der Waals surface area (Å²) in [6, 6.07) is 6.82. The van der Waals surface area contributed by atoms with Crippen molar-refractivity contribution in [3.63, 3.8) is 0 Å². The maximum atomic E-state index is 12.7. The lowest BCUT2D eigenvalue weighted by Crippen LogP contribution is -2.46. The maximum Gasteiger partial charge on any atom is 0.423 e. The Kier molecular flexibility index (Phi) is 6.27. The maximum absolute atomic E-state index is 12.7. The van der Waals surface area contributed by atoms with E-state index >= 15 is 0 Å². The van der Waals surface area contributed by atoms with Crippen LogP contribution in [-0.2, 0) is 11.4 Å². The Hall–Kier alpha value is -3.53. The highest BCUT2D eigenvalue weighted by Gasteiger charge is 2.46. The number of primary amides is 2. The minimum Gasteiger partial charge on any atom is -0.408 e. The van der Waals surface area contributed by atoms with E-state index in [4.69, 9.17) is 21.0 Å². The topological polar surface area (TPSA) is 133 Å². The normalized spacial score (nSPS) is 18.0. The zero-order valence-corrected chi connectivity index (χ0v) is 20.8. The molecule has 10 nitrogen and oxygen atoms in total. The van der Waals surface area contributed by atoms with Gasteiger partial charge in [0.15, 0.2) is 5.75 Å². The number of rotatable bonds is 5. The molecule has 0 spiro atoms. The molecular formula is C25H33N5O5. The Balaban J connectivity index is 2.00. The largest absolute Gasteiger partial charge is 0.423 e. The smallest absolute Gasteiger partial charge is 0.408 e. The fourth-order valence-corrected chi connectivity index (χ4v) is 4.99. The van der Waals surface area contributed by atoms with Gasteiger partial charge in [-0.2, -0.15) is 0 Å². The van der Waals surface area contributed by atoms with Gasteiger partial charge in [-0.05, 0) is 36.0 Å². The molecule has 1 aromatic carbocycles. The van der Waals surface area contributed by atoms with Gasteiger partial charge in [0.25, 0.3) is 5.91 Å². The predicted octanol–water partition coefficient (Wildman–Crippen LogP) is 3.60. The summed E-state index contributed by atoms with van der Waals surface area (Å²) in [4.78, 5) is 43.4. The van der Waals surface area contributed by atoms with Crippen LogP contribution < -0.4 is 16.2 Å². The van der Waals surface area contributed by atoms with Crippen molar-refractivity contribution < 1.29 is 24.0 Å². The second-order valence-corrected chi connectivity index (χ2v) is 10.4. The van der Waals surface area contributed by atoms with Crippen LogP contribution in [-0.4, -0.2) is 53.3 Å². The SMILES string of the molecule is CN(C)C(=O)c1cccc(-c2c(OC(N)=O)c3n(c2C2CC2)CCN(OC(N)=O)C3C(C)(C)C)c1. The van der Waals surface area contributed by atoms with Gasteiger partial charge in [0.1, 0.15) is 0 Å². The lowest BCUT2D eigenvalue weighted by Gasteiger charge is -2.42. The van der Waals surface area contributed by atoms with Gasteiger partial charge in [0, 0.05) is 43.4 Å². The van der Waals surface area contributed by atoms with Gasteiger partial charge in [-0.3, -0.25) is 4.79 Å². The van der Waals surface area contributed by atoms with Gasteiger partial charge in [-0.1, -0.05) is 32.9 Å². The molecule has 1 aliphatic heterocycles. The molecule has 1 saturated carbocycles. The number of amides is 3. The number of hydrogen-bond acceptors (Lipinski definition) is 6. The van der Waals surface area contributed by atoms with E-state index in [1.165, 1.54) is 4.90 Å². The van der Waals surface area contributed by atoms with Gasteiger partial charge in [0.2, 0.25) is 0 Å². The number of hydrogen-bond donors (Lipinski definition) is 2. The van der Waals surface area contributed by atoms with Crippen LogP contribution in [0, 0.1) is 5.41 Å². The fraction of sp³-hybridized carbons (Fsp3) is 0.480. The lowest BCUT2D eigenvalue weighted by molar-refractivity contribution is -0.168. The number of fused-ring (bicyclic) bond motifs is 1. The number of benzene rings is 1. The van der Waals surface area contributed by atoms with Crippen molar-refractivity contribution in [2.24, 2.45) is 16.9 Å². The minimum absolute atomic E-state index is 0.130. The van der Waals surface area contributed by atoms with Gasteiger partial charge in [-0.15, -0.1) is 5.06 Å². The van der Waals surface area contributed by atoms with E-state index in [1.807, 2.05) is 39.0 Å². The second kappa shape index (κ2) is 8.92. The fourth-order valence-electron chi connectivity index (χ4n) is 4.99. The quantitative estimate of drug-likeness (QED) is 0.667. The molecule has 0 bridgehead atoms. The van der Waals surface area contributed by atoms with Gasteiger partial charge in [-0.25, -0.2) is 9.59 Å². The molecule has 2 aromatic rings. The van der Waals surface area contributed by atoms with Crippen LogP contribution in [0.2, 0.25) is 0 Å². The van der Waals surface area contributed by atoms with Gasteiger partial charge >= 0.3 is 12.2 Å². The first-order chi connectivity index (χ1) is 16.4. The Morgan fingerprint density at radius 3 is 2.26 bits per heavy atom. The molecule has 1 aliphatic carbocycles. The van der Waals surface area contributed by atoms with E-state index in [2.05, 4.69) is 4.57 Å². The predicted molar refractivity (Wildman–Crippen MR) is 130 cm³/mol.